The zero-order valence-electron chi connectivity index (χ0n) is 20.5. The molecule has 0 radical (unpaired) electrons. The molecule has 2 aliphatic heterocycles. The predicted molar refractivity (Wildman–Crippen MR) is 132 cm³/mol. The second-order valence-electron chi connectivity index (χ2n) is 8.88. The van der Waals surface area contributed by atoms with Crippen molar-refractivity contribution in [1.82, 2.24) is 10.2 Å². The molecule has 2 aromatic carbocycles. The Bertz CT molecular complexity index is 1040. The summed E-state index contributed by atoms with van der Waals surface area (Å²) in [6.45, 7) is 2.38. The number of para-hydroxylation sites is 2. The number of aliphatic hydroxyl groups excluding tert-OH is 2. The highest BCUT2D eigenvalue weighted by Crippen LogP contribution is 2.29. The fourth-order valence-corrected chi connectivity index (χ4v) is 4.59. The highest BCUT2D eigenvalue weighted by atomic mass is 16.5. The maximum Gasteiger partial charge on any atom is 0.251 e. The first-order valence-electron chi connectivity index (χ1n) is 12.0. The van der Waals surface area contributed by atoms with E-state index in [2.05, 4.69) is 10.2 Å². The molecule has 4 rings (SSSR count). The number of carbonyl (C=O) groups excluding carboxylic acids is 2. The summed E-state index contributed by atoms with van der Waals surface area (Å²) in [6.07, 6.45) is -4.13. The van der Waals surface area contributed by atoms with Crippen LogP contribution in [0.4, 0.5) is 5.69 Å². The van der Waals surface area contributed by atoms with Crippen molar-refractivity contribution in [2.24, 2.45) is 0 Å². The highest BCUT2D eigenvalue weighted by Gasteiger charge is 2.44. The number of aliphatic hydroxyl groups is 2. The number of piperazine rings is 1. The van der Waals surface area contributed by atoms with E-state index in [9.17, 15) is 19.8 Å². The molecule has 194 valence electrons. The van der Waals surface area contributed by atoms with E-state index in [-0.39, 0.29) is 24.8 Å². The van der Waals surface area contributed by atoms with Crippen LogP contribution in [0.25, 0.3) is 0 Å². The molecule has 0 bridgehead atoms. The lowest BCUT2D eigenvalue weighted by atomic mass is 10.0. The van der Waals surface area contributed by atoms with E-state index in [1.165, 1.54) is 0 Å². The molecule has 2 amide bonds. The van der Waals surface area contributed by atoms with Gasteiger partial charge in [0, 0.05) is 38.3 Å². The number of anilines is 1. The van der Waals surface area contributed by atoms with Crippen molar-refractivity contribution in [2.45, 2.75) is 30.8 Å². The van der Waals surface area contributed by atoms with Crippen LogP contribution in [-0.2, 0) is 9.53 Å². The SMILES string of the molecule is COc1ccc(C(=O)NC[C@H]2O[C@@H](CC(=O)N3CCN(c4ccccc4OC)CC3)[C@H](O)[C@@H]2O)cc1. The number of methoxy groups -OCH3 is 2. The summed E-state index contributed by atoms with van der Waals surface area (Å²) in [5.74, 6) is 0.945. The van der Waals surface area contributed by atoms with Crippen LogP contribution in [0.2, 0.25) is 0 Å². The van der Waals surface area contributed by atoms with Gasteiger partial charge in [-0.05, 0) is 36.4 Å². The number of hydrogen-bond acceptors (Lipinski definition) is 8. The number of hydrogen-bond donors (Lipinski definition) is 3. The van der Waals surface area contributed by atoms with Gasteiger partial charge in [-0.1, -0.05) is 12.1 Å². The molecule has 36 heavy (non-hydrogen) atoms. The van der Waals surface area contributed by atoms with Gasteiger partial charge < -0.3 is 39.5 Å². The van der Waals surface area contributed by atoms with Crippen LogP contribution in [-0.4, -0.2) is 98.3 Å². The Hall–Kier alpha value is -3.34. The molecule has 0 aromatic heterocycles. The minimum Gasteiger partial charge on any atom is -0.497 e. The maximum absolute atomic E-state index is 12.9. The van der Waals surface area contributed by atoms with Gasteiger partial charge in [-0.3, -0.25) is 9.59 Å². The Kier molecular flexibility index (Phi) is 8.29. The van der Waals surface area contributed by atoms with Crippen LogP contribution in [0.3, 0.4) is 0 Å². The minimum absolute atomic E-state index is 0.00532. The predicted octanol–water partition coefficient (Wildman–Crippen LogP) is 0.662. The van der Waals surface area contributed by atoms with Crippen LogP contribution < -0.4 is 19.7 Å². The zero-order chi connectivity index (χ0) is 25.7. The van der Waals surface area contributed by atoms with Crippen LogP contribution in [0, 0.1) is 0 Å². The average molecular weight is 500 g/mol. The fraction of sp³-hybridized carbons (Fsp3) is 0.462. The quantitative estimate of drug-likeness (QED) is 0.485. The second kappa shape index (κ2) is 11.6. The van der Waals surface area contributed by atoms with E-state index in [0.29, 0.717) is 37.5 Å². The normalized spacial score (nSPS) is 23.9. The van der Waals surface area contributed by atoms with Gasteiger partial charge in [0.1, 0.15) is 29.8 Å². The molecule has 2 aromatic rings. The van der Waals surface area contributed by atoms with Crippen LogP contribution >= 0.6 is 0 Å². The molecular formula is C26H33N3O7. The Morgan fingerprint density at radius 2 is 1.61 bits per heavy atom. The van der Waals surface area contributed by atoms with Crippen LogP contribution in [0.5, 0.6) is 11.5 Å². The zero-order valence-corrected chi connectivity index (χ0v) is 20.5. The minimum atomic E-state index is -1.22. The van der Waals surface area contributed by atoms with Gasteiger partial charge in [0.2, 0.25) is 5.91 Å². The van der Waals surface area contributed by atoms with E-state index in [0.717, 1.165) is 11.4 Å². The third-order valence-electron chi connectivity index (χ3n) is 6.71. The Morgan fingerprint density at radius 3 is 2.28 bits per heavy atom. The van der Waals surface area contributed by atoms with Gasteiger partial charge >= 0.3 is 0 Å². The monoisotopic (exact) mass is 499 g/mol. The van der Waals surface area contributed by atoms with Crippen molar-refractivity contribution >= 4 is 17.5 Å². The fourth-order valence-electron chi connectivity index (χ4n) is 4.59. The van der Waals surface area contributed by atoms with Crippen LogP contribution in [0.1, 0.15) is 16.8 Å². The lowest BCUT2D eigenvalue weighted by molar-refractivity contribution is -0.135. The molecule has 2 saturated heterocycles. The second-order valence-corrected chi connectivity index (χ2v) is 8.88. The molecular weight excluding hydrogens is 466 g/mol. The number of nitrogens with zero attached hydrogens (tertiary/aromatic N) is 2. The van der Waals surface area contributed by atoms with Crippen molar-refractivity contribution in [2.75, 3.05) is 51.8 Å². The molecule has 10 heteroatoms. The number of ether oxygens (including phenoxy) is 3. The van der Waals surface area contributed by atoms with E-state index < -0.39 is 24.4 Å². The lowest BCUT2D eigenvalue weighted by Crippen LogP contribution is -2.50. The van der Waals surface area contributed by atoms with Crippen LogP contribution in [0.15, 0.2) is 48.5 Å². The van der Waals surface area contributed by atoms with Gasteiger partial charge in [0.25, 0.3) is 5.91 Å². The highest BCUT2D eigenvalue weighted by molar-refractivity contribution is 5.94. The number of carbonyl (C=O) groups is 2. The Labute approximate surface area is 210 Å². The summed E-state index contributed by atoms with van der Waals surface area (Å²) in [6, 6.07) is 14.4. The summed E-state index contributed by atoms with van der Waals surface area (Å²) in [5.41, 5.74) is 1.42. The van der Waals surface area contributed by atoms with Crippen molar-refractivity contribution < 1.29 is 34.0 Å². The standard InChI is InChI=1S/C26H33N3O7/c1-34-18-9-7-17(8-10-18)26(33)27-16-22-25(32)24(31)21(36-22)15-23(30)29-13-11-28(12-14-29)19-5-3-4-6-20(19)35-2/h3-10,21-22,24-25,31-32H,11-16H2,1-2H3,(H,27,33)/t21-,22+,24-,25+/m0/s1. The number of rotatable bonds is 8. The average Bonchev–Trinajstić information content (AvgIpc) is 3.19. The molecule has 4 atom stereocenters. The van der Waals surface area contributed by atoms with Gasteiger partial charge in [-0.15, -0.1) is 0 Å². The third-order valence-corrected chi connectivity index (χ3v) is 6.71. The van der Waals surface area contributed by atoms with Crippen molar-refractivity contribution in [1.29, 1.82) is 0 Å². The smallest absolute Gasteiger partial charge is 0.251 e. The summed E-state index contributed by atoms with van der Waals surface area (Å²) in [5, 5.41) is 23.6. The van der Waals surface area contributed by atoms with E-state index in [1.807, 2.05) is 24.3 Å². The summed E-state index contributed by atoms with van der Waals surface area (Å²) in [7, 11) is 3.18. The first-order valence-corrected chi connectivity index (χ1v) is 12.0. The molecule has 2 heterocycles. The van der Waals surface area contributed by atoms with Crippen molar-refractivity contribution in [3.63, 3.8) is 0 Å². The number of amides is 2. The van der Waals surface area contributed by atoms with E-state index in [4.69, 9.17) is 14.2 Å². The first-order chi connectivity index (χ1) is 17.4. The Balaban J connectivity index is 1.26. The van der Waals surface area contributed by atoms with Gasteiger partial charge in [-0.25, -0.2) is 0 Å². The van der Waals surface area contributed by atoms with E-state index in [1.54, 1.807) is 43.4 Å². The van der Waals surface area contributed by atoms with Crippen molar-refractivity contribution in [3.8, 4) is 11.5 Å². The number of benzene rings is 2. The number of nitrogens with one attached hydrogen (secondary N) is 1. The molecule has 0 unspecified atom stereocenters. The molecule has 0 aliphatic carbocycles. The first kappa shape index (κ1) is 25.7. The maximum atomic E-state index is 12.9. The summed E-state index contributed by atoms with van der Waals surface area (Å²) >= 11 is 0. The molecule has 2 fully saturated rings. The lowest BCUT2D eigenvalue weighted by Gasteiger charge is -2.37. The molecule has 3 N–H and O–H groups in total. The third kappa shape index (κ3) is 5.72. The summed E-state index contributed by atoms with van der Waals surface area (Å²) in [4.78, 5) is 29.2. The summed E-state index contributed by atoms with van der Waals surface area (Å²) < 4.78 is 16.3. The molecule has 0 saturated carbocycles. The van der Waals surface area contributed by atoms with E-state index >= 15 is 0 Å². The topological polar surface area (TPSA) is 121 Å². The Morgan fingerprint density at radius 1 is 0.944 bits per heavy atom. The van der Waals surface area contributed by atoms with Gasteiger partial charge in [0.05, 0.1) is 32.4 Å². The largest absolute Gasteiger partial charge is 0.497 e. The molecule has 10 nitrogen and oxygen atoms in total. The van der Waals surface area contributed by atoms with Gasteiger partial charge in [-0.2, -0.15) is 0 Å². The molecule has 0 spiro atoms. The van der Waals surface area contributed by atoms with Crippen molar-refractivity contribution in [3.05, 3.63) is 54.1 Å². The van der Waals surface area contributed by atoms with Gasteiger partial charge in [0.15, 0.2) is 0 Å². The molecule has 2 aliphatic rings.